The summed E-state index contributed by atoms with van der Waals surface area (Å²) in [7, 11) is 1.66. The summed E-state index contributed by atoms with van der Waals surface area (Å²) in [5.74, 6) is 1.45. The largest absolute Gasteiger partial charge is 0.497 e. The minimum atomic E-state index is -0.0396. The van der Waals surface area contributed by atoms with Crippen molar-refractivity contribution in [2.24, 2.45) is 5.92 Å². The number of carbonyl (C=O) groups excluding carboxylic acids is 1. The van der Waals surface area contributed by atoms with E-state index in [-0.39, 0.29) is 6.03 Å². The summed E-state index contributed by atoms with van der Waals surface area (Å²) in [6.07, 6.45) is 5.67. The lowest BCUT2D eigenvalue weighted by molar-refractivity contribution is 0.222. The molecule has 0 bridgehead atoms. The van der Waals surface area contributed by atoms with Crippen LogP contribution in [0.3, 0.4) is 0 Å². The Morgan fingerprint density at radius 3 is 2.62 bits per heavy atom. The highest BCUT2D eigenvalue weighted by Gasteiger charge is 2.22. The van der Waals surface area contributed by atoms with Gasteiger partial charge in [-0.15, -0.1) is 0 Å². The van der Waals surface area contributed by atoms with Gasteiger partial charge in [-0.1, -0.05) is 31.9 Å². The van der Waals surface area contributed by atoms with Crippen molar-refractivity contribution in [1.82, 2.24) is 10.6 Å². The van der Waals surface area contributed by atoms with Crippen LogP contribution in [0.5, 0.6) is 5.75 Å². The molecule has 2 rings (SSSR count). The van der Waals surface area contributed by atoms with Gasteiger partial charge in [0.25, 0.3) is 0 Å². The van der Waals surface area contributed by atoms with Gasteiger partial charge in [-0.2, -0.15) is 0 Å². The van der Waals surface area contributed by atoms with Crippen molar-refractivity contribution in [1.29, 1.82) is 0 Å². The molecular formula is C17H26N2O2. The molecule has 2 amide bonds. The van der Waals surface area contributed by atoms with E-state index < -0.39 is 0 Å². The summed E-state index contributed by atoms with van der Waals surface area (Å²) >= 11 is 0. The van der Waals surface area contributed by atoms with Gasteiger partial charge in [0, 0.05) is 12.6 Å². The number of amides is 2. The molecule has 0 aromatic heterocycles. The molecule has 1 aliphatic rings. The molecule has 21 heavy (non-hydrogen) atoms. The molecule has 1 aliphatic carbocycles. The van der Waals surface area contributed by atoms with Gasteiger partial charge >= 0.3 is 6.03 Å². The molecule has 2 atom stereocenters. The third-order valence-electron chi connectivity index (χ3n) is 4.29. The monoisotopic (exact) mass is 290 g/mol. The standard InChI is InChI=1S/C17H26N2O2/c1-13-5-3-4-6-16(13)19-17(20)18-12-11-14-7-9-15(21-2)10-8-14/h7-10,13,16H,3-6,11-12H2,1-2H3,(H2,18,19,20). The number of nitrogens with one attached hydrogen (secondary N) is 2. The van der Waals surface area contributed by atoms with Crippen molar-refractivity contribution in [3.63, 3.8) is 0 Å². The number of hydrogen-bond donors (Lipinski definition) is 2. The number of rotatable bonds is 5. The van der Waals surface area contributed by atoms with Crippen LogP contribution in [0.1, 0.15) is 38.2 Å². The van der Waals surface area contributed by atoms with Gasteiger partial charge in [0.2, 0.25) is 0 Å². The number of ether oxygens (including phenoxy) is 1. The Bertz CT molecular complexity index is 445. The third kappa shape index (κ3) is 4.96. The van der Waals surface area contributed by atoms with E-state index in [0.717, 1.165) is 18.6 Å². The van der Waals surface area contributed by atoms with Crippen LogP contribution in [0.2, 0.25) is 0 Å². The zero-order valence-electron chi connectivity index (χ0n) is 13.0. The van der Waals surface area contributed by atoms with Crippen LogP contribution in [0.15, 0.2) is 24.3 Å². The van der Waals surface area contributed by atoms with Crippen LogP contribution in [0.25, 0.3) is 0 Å². The van der Waals surface area contributed by atoms with E-state index in [4.69, 9.17) is 4.74 Å². The molecule has 1 aromatic rings. The zero-order valence-corrected chi connectivity index (χ0v) is 13.0. The first-order valence-electron chi connectivity index (χ1n) is 7.86. The van der Waals surface area contributed by atoms with Gasteiger partial charge in [0.15, 0.2) is 0 Å². The number of carbonyl (C=O) groups is 1. The first-order valence-corrected chi connectivity index (χ1v) is 7.86. The molecule has 0 radical (unpaired) electrons. The number of methoxy groups -OCH3 is 1. The average Bonchev–Trinajstić information content (AvgIpc) is 2.50. The predicted molar refractivity (Wildman–Crippen MR) is 84.7 cm³/mol. The number of benzene rings is 1. The first-order chi connectivity index (χ1) is 10.2. The molecular weight excluding hydrogens is 264 g/mol. The van der Waals surface area contributed by atoms with Gasteiger partial charge in [0.05, 0.1) is 7.11 Å². The zero-order chi connectivity index (χ0) is 15.1. The molecule has 0 saturated heterocycles. The fourth-order valence-electron chi connectivity index (χ4n) is 2.86. The van der Waals surface area contributed by atoms with E-state index in [1.54, 1.807) is 7.11 Å². The van der Waals surface area contributed by atoms with Crippen LogP contribution in [0, 0.1) is 5.92 Å². The summed E-state index contributed by atoms with van der Waals surface area (Å²) in [5, 5.41) is 6.05. The van der Waals surface area contributed by atoms with Crippen molar-refractivity contribution < 1.29 is 9.53 Å². The van der Waals surface area contributed by atoms with Crippen LogP contribution < -0.4 is 15.4 Å². The van der Waals surface area contributed by atoms with E-state index in [1.807, 2.05) is 24.3 Å². The summed E-state index contributed by atoms with van der Waals surface area (Å²) < 4.78 is 5.13. The second-order valence-corrected chi connectivity index (χ2v) is 5.87. The molecule has 4 heteroatoms. The van der Waals surface area contributed by atoms with E-state index in [1.165, 1.54) is 24.8 Å². The molecule has 2 unspecified atom stereocenters. The Labute approximate surface area is 127 Å². The number of urea groups is 1. The van der Waals surface area contributed by atoms with Gasteiger partial charge in [-0.3, -0.25) is 0 Å². The van der Waals surface area contributed by atoms with Crippen LogP contribution in [0.4, 0.5) is 4.79 Å². The molecule has 0 heterocycles. The van der Waals surface area contributed by atoms with Crippen molar-refractivity contribution in [3.05, 3.63) is 29.8 Å². The minimum Gasteiger partial charge on any atom is -0.497 e. The maximum absolute atomic E-state index is 11.9. The van der Waals surface area contributed by atoms with Crippen molar-refractivity contribution in [2.45, 2.75) is 45.1 Å². The lowest BCUT2D eigenvalue weighted by Gasteiger charge is -2.29. The van der Waals surface area contributed by atoms with Crippen molar-refractivity contribution in [3.8, 4) is 5.75 Å². The number of hydrogen-bond acceptors (Lipinski definition) is 2. The van der Waals surface area contributed by atoms with Crippen LogP contribution >= 0.6 is 0 Å². The van der Waals surface area contributed by atoms with E-state index >= 15 is 0 Å². The summed E-state index contributed by atoms with van der Waals surface area (Å²) in [4.78, 5) is 11.9. The highest BCUT2D eigenvalue weighted by molar-refractivity contribution is 5.74. The lowest BCUT2D eigenvalue weighted by atomic mass is 9.86. The molecule has 0 aliphatic heterocycles. The fraction of sp³-hybridized carbons (Fsp3) is 0.588. The van der Waals surface area contributed by atoms with Crippen LogP contribution in [-0.2, 0) is 6.42 Å². The average molecular weight is 290 g/mol. The second kappa shape index (κ2) is 7.91. The van der Waals surface area contributed by atoms with Crippen LogP contribution in [-0.4, -0.2) is 25.7 Å². The normalized spacial score (nSPS) is 21.6. The van der Waals surface area contributed by atoms with E-state index in [2.05, 4.69) is 17.6 Å². The second-order valence-electron chi connectivity index (χ2n) is 5.87. The topological polar surface area (TPSA) is 50.4 Å². The maximum Gasteiger partial charge on any atom is 0.315 e. The molecule has 1 saturated carbocycles. The highest BCUT2D eigenvalue weighted by atomic mass is 16.5. The minimum absolute atomic E-state index is 0.0396. The SMILES string of the molecule is COc1ccc(CCNC(=O)NC2CCCCC2C)cc1. The van der Waals surface area contributed by atoms with Gasteiger partial charge in [0.1, 0.15) is 5.75 Å². The quantitative estimate of drug-likeness (QED) is 0.875. The molecule has 116 valence electrons. The fourth-order valence-corrected chi connectivity index (χ4v) is 2.86. The Morgan fingerprint density at radius 2 is 1.95 bits per heavy atom. The van der Waals surface area contributed by atoms with Gasteiger partial charge in [-0.05, 0) is 42.9 Å². The Balaban J connectivity index is 1.68. The molecule has 4 nitrogen and oxygen atoms in total. The molecule has 1 aromatic carbocycles. The first kappa shape index (κ1) is 15.7. The Hall–Kier alpha value is -1.71. The summed E-state index contributed by atoms with van der Waals surface area (Å²) in [6.45, 7) is 2.88. The maximum atomic E-state index is 11.9. The predicted octanol–water partition coefficient (Wildman–Crippen LogP) is 3.12. The Kier molecular flexibility index (Phi) is 5.90. The van der Waals surface area contributed by atoms with Crippen molar-refractivity contribution in [2.75, 3.05) is 13.7 Å². The lowest BCUT2D eigenvalue weighted by Crippen LogP contribution is -2.46. The summed E-state index contributed by atoms with van der Waals surface area (Å²) in [6, 6.07) is 8.24. The third-order valence-corrected chi connectivity index (χ3v) is 4.29. The molecule has 1 fully saturated rings. The molecule has 2 N–H and O–H groups in total. The van der Waals surface area contributed by atoms with E-state index in [9.17, 15) is 4.79 Å². The van der Waals surface area contributed by atoms with E-state index in [0.29, 0.717) is 18.5 Å². The molecule has 0 spiro atoms. The van der Waals surface area contributed by atoms with Crippen molar-refractivity contribution >= 4 is 6.03 Å². The highest BCUT2D eigenvalue weighted by Crippen LogP contribution is 2.23. The smallest absolute Gasteiger partial charge is 0.315 e. The van der Waals surface area contributed by atoms with Gasteiger partial charge in [-0.25, -0.2) is 4.79 Å². The summed E-state index contributed by atoms with van der Waals surface area (Å²) in [5.41, 5.74) is 1.20. The van der Waals surface area contributed by atoms with Gasteiger partial charge < -0.3 is 15.4 Å². The Morgan fingerprint density at radius 1 is 1.24 bits per heavy atom.